The molecule has 3 heteroatoms. The number of fused-ring (bicyclic) bond motifs is 1. The molecule has 0 aromatic heterocycles. The third kappa shape index (κ3) is 2.81. The highest BCUT2D eigenvalue weighted by molar-refractivity contribution is 5.85. The van der Waals surface area contributed by atoms with Gasteiger partial charge in [0, 0.05) is 6.54 Å². The van der Waals surface area contributed by atoms with Crippen LogP contribution < -0.4 is 5.32 Å². The van der Waals surface area contributed by atoms with E-state index >= 15 is 0 Å². The molecule has 0 bridgehead atoms. The van der Waals surface area contributed by atoms with Crippen molar-refractivity contribution in [1.82, 2.24) is 5.32 Å². The van der Waals surface area contributed by atoms with Gasteiger partial charge in [0.15, 0.2) is 0 Å². The number of hydrogen-bond acceptors (Lipinski definition) is 2. The number of benzene rings is 1. The van der Waals surface area contributed by atoms with Crippen molar-refractivity contribution in [2.24, 2.45) is 0 Å². The highest BCUT2D eigenvalue weighted by Gasteiger charge is 2.18. The smallest absolute Gasteiger partial charge is 0.135 e. The molecule has 0 radical (unpaired) electrons. The van der Waals surface area contributed by atoms with Gasteiger partial charge in [-0.05, 0) is 17.5 Å². The van der Waals surface area contributed by atoms with Crippen LogP contribution in [0.15, 0.2) is 36.9 Å². The van der Waals surface area contributed by atoms with E-state index in [1.54, 1.807) is 6.08 Å². The van der Waals surface area contributed by atoms with Crippen LogP contribution in [-0.2, 0) is 11.2 Å². The molecule has 0 amide bonds. The molecule has 0 saturated heterocycles. The molecule has 15 heavy (non-hydrogen) atoms. The van der Waals surface area contributed by atoms with E-state index < -0.39 is 0 Å². The normalized spacial score (nSPS) is 18.8. The zero-order valence-electron chi connectivity index (χ0n) is 8.61. The highest BCUT2D eigenvalue weighted by atomic mass is 35.5. The molecule has 2 nitrogen and oxygen atoms in total. The van der Waals surface area contributed by atoms with Crippen LogP contribution >= 0.6 is 12.4 Å². The Morgan fingerprint density at radius 1 is 1.47 bits per heavy atom. The minimum absolute atomic E-state index is 0. The Balaban J connectivity index is 0.00000112. The lowest BCUT2D eigenvalue weighted by Crippen LogP contribution is -2.31. The molecule has 1 aromatic rings. The number of ether oxygens (including phenoxy) is 1. The lowest BCUT2D eigenvalue weighted by molar-refractivity contribution is 0.0431. The fourth-order valence-corrected chi connectivity index (χ4v) is 1.78. The SMILES string of the molecule is C=CCOC1NCCc2ccccc21.Cl. The Morgan fingerprint density at radius 2 is 2.27 bits per heavy atom. The van der Waals surface area contributed by atoms with Gasteiger partial charge < -0.3 is 4.74 Å². The summed E-state index contributed by atoms with van der Waals surface area (Å²) >= 11 is 0. The molecule has 1 aromatic carbocycles. The Bertz CT molecular complexity index is 327. The maximum Gasteiger partial charge on any atom is 0.135 e. The molecule has 1 aliphatic heterocycles. The predicted molar refractivity (Wildman–Crippen MR) is 64.3 cm³/mol. The fraction of sp³-hybridized carbons (Fsp3) is 0.333. The van der Waals surface area contributed by atoms with Crippen molar-refractivity contribution in [2.45, 2.75) is 12.6 Å². The monoisotopic (exact) mass is 225 g/mol. The largest absolute Gasteiger partial charge is 0.355 e. The molecule has 2 rings (SSSR count). The maximum atomic E-state index is 5.63. The highest BCUT2D eigenvalue weighted by Crippen LogP contribution is 2.23. The lowest BCUT2D eigenvalue weighted by atomic mass is 10.00. The van der Waals surface area contributed by atoms with Gasteiger partial charge in [-0.3, -0.25) is 5.32 Å². The molecule has 1 heterocycles. The summed E-state index contributed by atoms with van der Waals surface area (Å²) in [7, 11) is 0. The van der Waals surface area contributed by atoms with E-state index in [4.69, 9.17) is 4.74 Å². The Kier molecular flexibility index (Phi) is 4.82. The van der Waals surface area contributed by atoms with Crippen molar-refractivity contribution >= 4 is 12.4 Å². The second kappa shape index (κ2) is 5.91. The zero-order valence-corrected chi connectivity index (χ0v) is 9.43. The van der Waals surface area contributed by atoms with Crippen LogP contribution in [0.4, 0.5) is 0 Å². The van der Waals surface area contributed by atoms with E-state index in [-0.39, 0.29) is 18.6 Å². The summed E-state index contributed by atoms with van der Waals surface area (Å²) in [6, 6.07) is 8.42. The first-order valence-corrected chi connectivity index (χ1v) is 4.95. The maximum absolute atomic E-state index is 5.63. The van der Waals surface area contributed by atoms with Gasteiger partial charge in [-0.15, -0.1) is 19.0 Å². The summed E-state index contributed by atoms with van der Waals surface area (Å²) in [5.74, 6) is 0. The van der Waals surface area contributed by atoms with Crippen LogP contribution in [-0.4, -0.2) is 13.2 Å². The summed E-state index contributed by atoms with van der Waals surface area (Å²) < 4.78 is 5.63. The van der Waals surface area contributed by atoms with Crippen LogP contribution in [0, 0.1) is 0 Å². The Labute approximate surface area is 96.7 Å². The minimum Gasteiger partial charge on any atom is -0.355 e. The van der Waals surface area contributed by atoms with Gasteiger partial charge in [-0.25, -0.2) is 0 Å². The molecule has 1 aliphatic rings. The summed E-state index contributed by atoms with van der Waals surface area (Å²) in [5.41, 5.74) is 2.65. The van der Waals surface area contributed by atoms with Crippen LogP contribution in [0.5, 0.6) is 0 Å². The molecular weight excluding hydrogens is 210 g/mol. The van der Waals surface area contributed by atoms with Crippen molar-refractivity contribution in [3.05, 3.63) is 48.0 Å². The van der Waals surface area contributed by atoms with Crippen LogP contribution in [0.2, 0.25) is 0 Å². The van der Waals surface area contributed by atoms with Crippen molar-refractivity contribution < 1.29 is 4.74 Å². The molecule has 82 valence electrons. The van der Waals surface area contributed by atoms with E-state index in [0.29, 0.717) is 6.61 Å². The first-order valence-electron chi connectivity index (χ1n) is 4.95. The van der Waals surface area contributed by atoms with Crippen LogP contribution in [0.3, 0.4) is 0 Å². The molecule has 0 saturated carbocycles. The molecule has 1 unspecified atom stereocenters. The lowest BCUT2D eigenvalue weighted by Gasteiger charge is -2.26. The summed E-state index contributed by atoms with van der Waals surface area (Å²) in [5, 5.41) is 3.34. The number of halogens is 1. The second-order valence-corrected chi connectivity index (χ2v) is 3.40. The standard InChI is InChI=1S/C12H15NO.ClH/c1-2-9-14-12-11-6-4-3-5-10(11)7-8-13-12;/h2-6,12-13H,1,7-9H2;1H. The molecular formula is C12H16ClNO. The van der Waals surface area contributed by atoms with Gasteiger partial charge in [0.1, 0.15) is 6.23 Å². The van der Waals surface area contributed by atoms with Gasteiger partial charge in [0.25, 0.3) is 0 Å². The van der Waals surface area contributed by atoms with E-state index in [1.165, 1.54) is 11.1 Å². The first-order chi connectivity index (χ1) is 6.92. The van der Waals surface area contributed by atoms with Crippen molar-refractivity contribution in [2.75, 3.05) is 13.2 Å². The van der Waals surface area contributed by atoms with Crippen molar-refractivity contribution in [3.8, 4) is 0 Å². The van der Waals surface area contributed by atoms with Gasteiger partial charge in [0.05, 0.1) is 6.61 Å². The molecule has 0 aliphatic carbocycles. The quantitative estimate of drug-likeness (QED) is 0.798. The molecule has 1 atom stereocenters. The van der Waals surface area contributed by atoms with Gasteiger partial charge in [0.2, 0.25) is 0 Å². The molecule has 1 N–H and O–H groups in total. The first kappa shape index (κ1) is 12.2. The third-order valence-corrected chi connectivity index (χ3v) is 2.44. The number of hydrogen-bond donors (Lipinski definition) is 1. The van der Waals surface area contributed by atoms with E-state index in [2.05, 4.69) is 36.2 Å². The summed E-state index contributed by atoms with van der Waals surface area (Å²) in [6.45, 7) is 5.22. The van der Waals surface area contributed by atoms with Crippen molar-refractivity contribution in [1.29, 1.82) is 0 Å². The van der Waals surface area contributed by atoms with Gasteiger partial charge in [-0.2, -0.15) is 0 Å². The number of rotatable bonds is 3. The predicted octanol–water partition coefficient (Wildman–Crippen LogP) is 2.46. The van der Waals surface area contributed by atoms with E-state index in [9.17, 15) is 0 Å². The van der Waals surface area contributed by atoms with Gasteiger partial charge >= 0.3 is 0 Å². The van der Waals surface area contributed by atoms with Crippen LogP contribution in [0.25, 0.3) is 0 Å². The number of nitrogens with one attached hydrogen (secondary N) is 1. The van der Waals surface area contributed by atoms with Crippen molar-refractivity contribution in [3.63, 3.8) is 0 Å². The topological polar surface area (TPSA) is 21.3 Å². The second-order valence-electron chi connectivity index (χ2n) is 3.40. The third-order valence-electron chi connectivity index (χ3n) is 2.44. The molecule has 0 fully saturated rings. The Hall–Kier alpha value is -0.830. The summed E-state index contributed by atoms with van der Waals surface area (Å²) in [4.78, 5) is 0. The average Bonchev–Trinajstić information content (AvgIpc) is 2.26. The Morgan fingerprint density at radius 3 is 3.07 bits per heavy atom. The van der Waals surface area contributed by atoms with E-state index in [0.717, 1.165) is 13.0 Å². The van der Waals surface area contributed by atoms with Crippen LogP contribution in [0.1, 0.15) is 17.4 Å². The zero-order chi connectivity index (χ0) is 9.80. The summed E-state index contributed by atoms with van der Waals surface area (Å²) in [6.07, 6.45) is 2.90. The average molecular weight is 226 g/mol. The van der Waals surface area contributed by atoms with Gasteiger partial charge in [-0.1, -0.05) is 30.3 Å². The van der Waals surface area contributed by atoms with E-state index in [1.807, 2.05) is 0 Å². The fourth-order valence-electron chi connectivity index (χ4n) is 1.78. The molecule has 0 spiro atoms. The minimum atomic E-state index is 0.